The molecule has 0 aliphatic rings. The summed E-state index contributed by atoms with van der Waals surface area (Å²) in [5.74, 6) is 0.531. The van der Waals surface area contributed by atoms with Crippen molar-refractivity contribution in [1.29, 1.82) is 0 Å². The van der Waals surface area contributed by atoms with Gasteiger partial charge >= 0.3 is 0 Å². The summed E-state index contributed by atoms with van der Waals surface area (Å²) >= 11 is 3.45. The maximum Gasteiger partial charge on any atom is 0.247 e. The molecule has 0 aliphatic heterocycles. The van der Waals surface area contributed by atoms with Crippen LogP contribution in [-0.2, 0) is 11.3 Å². The maximum atomic E-state index is 5.01. The number of pyridine rings is 1. The molecule has 1 N–H and O–H groups in total. The monoisotopic (exact) mass is 336 g/mol. The van der Waals surface area contributed by atoms with Gasteiger partial charge < -0.3 is 10.1 Å². The van der Waals surface area contributed by atoms with Gasteiger partial charge in [0.05, 0.1) is 29.5 Å². The summed E-state index contributed by atoms with van der Waals surface area (Å²) in [6, 6.07) is 3.83. The lowest BCUT2D eigenvalue weighted by Gasteiger charge is -1.98. The van der Waals surface area contributed by atoms with Gasteiger partial charge in [0.15, 0.2) is 5.65 Å². The summed E-state index contributed by atoms with van der Waals surface area (Å²) in [6.45, 7) is 1.34. The van der Waals surface area contributed by atoms with Gasteiger partial charge in [0.1, 0.15) is 0 Å². The fourth-order valence-electron chi connectivity index (χ4n) is 1.79. The average Bonchev–Trinajstić information content (AvgIpc) is 3.04. The molecule has 3 rings (SSSR count). The van der Waals surface area contributed by atoms with Crippen molar-refractivity contribution < 1.29 is 4.74 Å². The first kappa shape index (κ1) is 13.1. The molecule has 0 atom stereocenters. The second-order valence-electron chi connectivity index (χ2n) is 4.17. The van der Waals surface area contributed by atoms with Gasteiger partial charge in [-0.2, -0.15) is 10.1 Å². The molecule has 8 heteroatoms. The Balaban J connectivity index is 1.79. The molecule has 0 unspecified atom stereocenters. The Morgan fingerprint density at radius 1 is 1.45 bits per heavy atom. The van der Waals surface area contributed by atoms with Gasteiger partial charge in [0.25, 0.3) is 0 Å². The number of nitrogens with zero attached hydrogens (tertiary/aromatic N) is 5. The van der Waals surface area contributed by atoms with E-state index in [4.69, 9.17) is 4.74 Å². The molecule has 0 spiro atoms. The van der Waals surface area contributed by atoms with Gasteiger partial charge in [-0.15, -0.1) is 5.10 Å². The minimum atomic E-state index is 0.531. The number of nitrogens with one attached hydrogen (secondary N) is 1. The Labute approximate surface area is 123 Å². The largest absolute Gasteiger partial charge is 0.383 e. The zero-order valence-electron chi connectivity index (χ0n) is 10.8. The Morgan fingerprint density at radius 3 is 3.15 bits per heavy atom. The van der Waals surface area contributed by atoms with E-state index in [-0.39, 0.29) is 0 Å². The van der Waals surface area contributed by atoms with Gasteiger partial charge in [0.2, 0.25) is 5.95 Å². The SMILES string of the molecule is COCCn1cc(Nc2nc3c(Br)cccn3n2)cn1. The fraction of sp³-hybridized carbons (Fsp3) is 0.250. The number of anilines is 2. The molecule has 0 aromatic carbocycles. The van der Waals surface area contributed by atoms with Crippen molar-refractivity contribution in [3.05, 3.63) is 35.2 Å². The highest BCUT2D eigenvalue weighted by molar-refractivity contribution is 9.10. The molecule has 3 heterocycles. The first-order chi connectivity index (χ1) is 9.76. The Kier molecular flexibility index (Phi) is 3.66. The first-order valence-electron chi connectivity index (χ1n) is 6.05. The predicted molar refractivity (Wildman–Crippen MR) is 78.1 cm³/mol. The number of rotatable bonds is 5. The van der Waals surface area contributed by atoms with Crippen LogP contribution in [0.3, 0.4) is 0 Å². The van der Waals surface area contributed by atoms with Crippen molar-refractivity contribution in [2.24, 2.45) is 0 Å². The molecule has 0 fully saturated rings. The second-order valence-corrected chi connectivity index (χ2v) is 5.02. The molecule has 0 saturated heterocycles. The standard InChI is InChI=1S/C12H13BrN6O/c1-20-6-5-18-8-9(7-14-18)15-12-16-11-10(13)3-2-4-19(11)17-12/h2-4,7-8H,5-6H2,1H3,(H,15,17). The van der Waals surface area contributed by atoms with E-state index >= 15 is 0 Å². The number of halogens is 1. The van der Waals surface area contributed by atoms with Crippen LogP contribution in [0.5, 0.6) is 0 Å². The maximum absolute atomic E-state index is 5.01. The third-order valence-electron chi connectivity index (χ3n) is 2.73. The lowest BCUT2D eigenvalue weighted by Crippen LogP contribution is -2.03. The van der Waals surface area contributed by atoms with Crippen molar-refractivity contribution in [2.75, 3.05) is 19.0 Å². The van der Waals surface area contributed by atoms with Gasteiger partial charge in [-0.05, 0) is 28.1 Å². The minimum Gasteiger partial charge on any atom is -0.383 e. The molecule has 0 radical (unpaired) electrons. The average molecular weight is 337 g/mol. The number of aromatic nitrogens is 5. The van der Waals surface area contributed by atoms with E-state index in [0.717, 1.165) is 15.8 Å². The summed E-state index contributed by atoms with van der Waals surface area (Å²) in [4.78, 5) is 4.41. The van der Waals surface area contributed by atoms with E-state index < -0.39 is 0 Å². The van der Waals surface area contributed by atoms with Crippen molar-refractivity contribution in [2.45, 2.75) is 6.54 Å². The van der Waals surface area contributed by atoms with Crippen LogP contribution in [0.2, 0.25) is 0 Å². The van der Waals surface area contributed by atoms with Crippen molar-refractivity contribution >= 4 is 33.2 Å². The molecular formula is C12H13BrN6O. The first-order valence-corrected chi connectivity index (χ1v) is 6.85. The smallest absolute Gasteiger partial charge is 0.247 e. The summed E-state index contributed by atoms with van der Waals surface area (Å²) in [7, 11) is 1.67. The van der Waals surface area contributed by atoms with E-state index in [9.17, 15) is 0 Å². The van der Waals surface area contributed by atoms with Gasteiger partial charge in [-0.25, -0.2) is 4.52 Å². The highest BCUT2D eigenvalue weighted by Crippen LogP contribution is 2.18. The van der Waals surface area contributed by atoms with Crippen LogP contribution in [0.1, 0.15) is 0 Å². The quantitative estimate of drug-likeness (QED) is 0.772. The van der Waals surface area contributed by atoms with Gasteiger partial charge in [-0.1, -0.05) is 0 Å². The zero-order chi connectivity index (χ0) is 13.9. The lowest BCUT2D eigenvalue weighted by atomic mass is 10.5. The highest BCUT2D eigenvalue weighted by Gasteiger charge is 2.07. The zero-order valence-corrected chi connectivity index (χ0v) is 12.4. The molecular weight excluding hydrogens is 324 g/mol. The fourth-order valence-corrected chi connectivity index (χ4v) is 2.21. The molecule has 7 nitrogen and oxygen atoms in total. The Hall–Kier alpha value is -1.93. The molecule has 0 saturated carbocycles. The van der Waals surface area contributed by atoms with Crippen LogP contribution in [0.4, 0.5) is 11.6 Å². The lowest BCUT2D eigenvalue weighted by molar-refractivity contribution is 0.183. The normalized spacial score (nSPS) is 11.1. The van der Waals surface area contributed by atoms with E-state index in [1.54, 1.807) is 22.5 Å². The highest BCUT2D eigenvalue weighted by atomic mass is 79.9. The molecule has 0 bridgehead atoms. The van der Waals surface area contributed by atoms with E-state index in [1.165, 1.54) is 0 Å². The number of hydrogen-bond acceptors (Lipinski definition) is 5. The predicted octanol–water partition coefficient (Wildman–Crippen LogP) is 2.08. The van der Waals surface area contributed by atoms with E-state index in [2.05, 4.69) is 36.4 Å². The van der Waals surface area contributed by atoms with Crippen LogP contribution in [-0.4, -0.2) is 38.1 Å². The van der Waals surface area contributed by atoms with Crippen molar-refractivity contribution in [3.63, 3.8) is 0 Å². The van der Waals surface area contributed by atoms with E-state index in [0.29, 0.717) is 19.1 Å². The number of fused-ring (bicyclic) bond motifs is 1. The molecule has 3 aromatic rings. The van der Waals surface area contributed by atoms with Crippen molar-refractivity contribution in [3.8, 4) is 0 Å². The van der Waals surface area contributed by atoms with Crippen molar-refractivity contribution in [1.82, 2.24) is 24.4 Å². The van der Waals surface area contributed by atoms with Crippen LogP contribution >= 0.6 is 15.9 Å². The topological polar surface area (TPSA) is 69.3 Å². The van der Waals surface area contributed by atoms with Crippen LogP contribution in [0.25, 0.3) is 5.65 Å². The van der Waals surface area contributed by atoms with Gasteiger partial charge in [0, 0.05) is 19.5 Å². The van der Waals surface area contributed by atoms with Gasteiger partial charge in [-0.3, -0.25) is 4.68 Å². The number of hydrogen-bond donors (Lipinski definition) is 1. The molecule has 20 heavy (non-hydrogen) atoms. The summed E-state index contributed by atoms with van der Waals surface area (Å²) < 4.78 is 9.42. The van der Waals surface area contributed by atoms with Crippen LogP contribution in [0.15, 0.2) is 35.2 Å². The third-order valence-corrected chi connectivity index (χ3v) is 3.35. The number of ether oxygens (including phenoxy) is 1. The Morgan fingerprint density at radius 2 is 2.35 bits per heavy atom. The minimum absolute atomic E-state index is 0.531. The summed E-state index contributed by atoms with van der Waals surface area (Å²) in [6.07, 6.45) is 5.47. The van der Waals surface area contributed by atoms with Crippen LogP contribution in [0, 0.1) is 0 Å². The summed E-state index contributed by atoms with van der Waals surface area (Å²) in [5.41, 5.74) is 1.61. The third kappa shape index (κ3) is 2.66. The molecule has 0 aliphatic carbocycles. The Bertz CT molecular complexity index is 722. The molecule has 3 aromatic heterocycles. The van der Waals surface area contributed by atoms with E-state index in [1.807, 2.05) is 24.5 Å². The molecule has 104 valence electrons. The molecule has 0 amide bonds. The number of methoxy groups -OCH3 is 1. The van der Waals surface area contributed by atoms with Crippen LogP contribution < -0.4 is 5.32 Å². The summed E-state index contributed by atoms with van der Waals surface area (Å²) in [5, 5.41) is 11.7. The second kappa shape index (κ2) is 5.59.